The van der Waals surface area contributed by atoms with Crippen LogP contribution in [0.15, 0.2) is 11.8 Å². The molecule has 30 heavy (non-hydrogen) atoms. The van der Waals surface area contributed by atoms with Gasteiger partial charge in [0.25, 0.3) is 5.91 Å². The van der Waals surface area contributed by atoms with Gasteiger partial charge in [-0.15, -0.1) is 0 Å². The summed E-state index contributed by atoms with van der Waals surface area (Å²) in [7, 11) is 0. The van der Waals surface area contributed by atoms with Gasteiger partial charge < -0.3 is 20.5 Å². The summed E-state index contributed by atoms with van der Waals surface area (Å²) in [4.78, 5) is 24.5. The summed E-state index contributed by atoms with van der Waals surface area (Å²) in [5, 5.41) is 4.93. The Hall–Kier alpha value is -1.65. The molecule has 1 saturated heterocycles. The van der Waals surface area contributed by atoms with Crippen molar-refractivity contribution in [1.29, 1.82) is 0 Å². The number of halogens is 3. The summed E-state index contributed by atoms with van der Waals surface area (Å²) >= 11 is 0. The molecule has 1 aliphatic heterocycles. The molecule has 1 rings (SSSR count). The monoisotopic (exact) mass is 437 g/mol. The number of hydrogen-bond acceptors (Lipinski definition) is 6. The number of imide groups is 1. The van der Waals surface area contributed by atoms with E-state index in [9.17, 15) is 22.8 Å². The second-order valence-electron chi connectivity index (χ2n) is 8.68. The highest BCUT2D eigenvalue weighted by molar-refractivity contribution is 6.04. The maximum atomic E-state index is 12.3. The lowest BCUT2D eigenvalue weighted by molar-refractivity contribution is -0.173. The number of carbonyl (C=O) groups excluding carboxylic acids is 2. The third kappa shape index (κ3) is 9.90. The van der Waals surface area contributed by atoms with Crippen molar-refractivity contribution in [1.82, 2.24) is 10.6 Å². The highest BCUT2D eigenvalue weighted by atomic mass is 19.4. The van der Waals surface area contributed by atoms with Crippen LogP contribution in [0.1, 0.15) is 59.8 Å². The molecule has 10 heteroatoms. The van der Waals surface area contributed by atoms with Crippen molar-refractivity contribution in [2.75, 3.05) is 19.8 Å². The van der Waals surface area contributed by atoms with Crippen molar-refractivity contribution >= 4 is 11.8 Å². The Kier molecular flexibility index (Phi) is 9.77. The molecule has 0 bridgehead atoms. The number of hydrogen-bond donors (Lipinski definition) is 3. The van der Waals surface area contributed by atoms with Crippen LogP contribution in [0.5, 0.6) is 0 Å². The maximum Gasteiger partial charge on any atom is 0.389 e. The van der Waals surface area contributed by atoms with Crippen LogP contribution in [0.4, 0.5) is 13.2 Å². The second kappa shape index (κ2) is 11.1. The van der Waals surface area contributed by atoms with Crippen LogP contribution in [0.3, 0.4) is 0 Å². The highest BCUT2D eigenvalue weighted by Gasteiger charge is 2.31. The summed E-state index contributed by atoms with van der Waals surface area (Å²) in [6.45, 7) is 7.47. The van der Waals surface area contributed by atoms with Gasteiger partial charge in [-0.3, -0.25) is 14.9 Å². The lowest BCUT2D eigenvalue weighted by Gasteiger charge is -2.30. The molecule has 0 aromatic heterocycles. The molecule has 2 amide bonds. The van der Waals surface area contributed by atoms with Gasteiger partial charge in [0.1, 0.15) is 0 Å². The number of ether oxygens (including phenoxy) is 2. The van der Waals surface area contributed by atoms with Crippen molar-refractivity contribution in [3.8, 4) is 0 Å². The quantitative estimate of drug-likeness (QED) is 0.359. The molecular formula is C20H34F3N3O4. The molecule has 0 spiro atoms. The van der Waals surface area contributed by atoms with E-state index in [1.54, 1.807) is 0 Å². The molecule has 1 aliphatic rings. The molecular weight excluding hydrogens is 403 g/mol. The molecule has 174 valence electrons. The first-order valence-electron chi connectivity index (χ1n) is 10.1. The topological polar surface area (TPSA) is 103 Å². The molecule has 1 fully saturated rings. The Labute approximate surface area is 175 Å². The fourth-order valence-corrected chi connectivity index (χ4v) is 2.64. The molecule has 0 saturated carbocycles. The Morgan fingerprint density at radius 1 is 1.20 bits per heavy atom. The lowest BCUT2D eigenvalue weighted by Crippen LogP contribution is -2.54. The van der Waals surface area contributed by atoms with Crippen molar-refractivity contribution < 1.29 is 32.2 Å². The van der Waals surface area contributed by atoms with Crippen LogP contribution in [0.2, 0.25) is 0 Å². The number of amides is 2. The van der Waals surface area contributed by atoms with E-state index in [1.165, 1.54) is 13.8 Å². The average Bonchev–Trinajstić information content (AvgIpc) is 2.63. The SMILES string of the molecule is CC(C)(COC1CCCCO1)C(N)=CC(=O)NC(=O)C(C)(C)NCCCC(F)(F)F. The minimum absolute atomic E-state index is 0.0142. The summed E-state index contributed by atoms with van der Waals surface area (Å²) in [5.74, 6) is -1.36. The van der Waals surface area contributed by atoms with Gasteiger partial charge in [0.15, 0.2) is 6.29 Å². The van der Waals surface area contributed by atoms with Gasteiger partial charge >= 0.3 is 6.18 Å². The van der Waals surface area contributed by atoms with E-state index in [2.05, 4.69) is 10.6 Å². The number of nitrogens with one attached hydrogen (secondary N) is 2. The minimum atomic E-state index is -4.24. The number of carbonyl (C=O) groups is 2. The van der Waals surface area contributed by atoms with Crippen molar-refractivity contribution in [3.05, 3.63) is 11.8 Å². The van der Waals surface area contributed by atoms with Crippen LogP contribution in [0, 0.1) is 5.41 Å². The van der Waals surface area contributed by atoms with Crippen LogP contribution >= 0.6 is 0 Å². The first-order chi connectivity index (χ1) is 13.7. The Morgan fingerprint density at radius 3 is 2.43 bits per heavy atom. The Balaban J connectivity index is 2.51. The van der Waals surface area contributed by atoms with E-state index in [4.69, 9.17) is 15.2 Å². The molecule has 0 radical (unpaired) electrons. The zero-order chi connectivity index (χ0) is 23.0. The lowest BCUT2D eigenvalue weighted by atomic mass is 9.90. The first-order valence-corrected chi connectivity index (χ1v) is 10.1. The van der Waals surface area contributed by atoms with Crippen LogP contribution in [0.25, 0.3) is 0 Å². The van der Waals surface area contributed by atoms with E-state index in [0.717, 1.165) is 25.3 Å². The van der Waals surface area contributed by atoms with Gasteiger partial charge in [0.2, 0.25) is 5.91 Å². The maximum absolute atomic E-state index is 12.3. The molecule has 1 unspecified atom stereocenters. The van der Waals surface area contributed by atoms with Crippen LogP contribution in [-0.4, -0.2) is 49.6 Å². The number of rotatable bonds is 10. The van der Waals surface area contributed by atoms with E-state index in [-0.39, 0.29) is 31.6 Å². The Bertz CT molecular complexity index is 613. The fourth-order valence-electron chi connectivity index (χ4n) is 2.64. The van der Waals surface area contributed by atoms with Crippen molar-refractivity contribution in [3.63, 3.8) is 0 Å². The summed E-state index contributed by atoms with van der Waals surface area (Å²) in [6, 6.07) is 0. The molecule has 7 nitrogen and oxygen atoms in total. The Morgan fingerprint density at radius 2 is 1.87 bits per heavy atom. The zero-order valence-electron chi connectivity index (χ0n) is 18.2. The van der Waals surface area contributed by atoms with E-state index < -0.39 is 35.4 Å². The van der Waals surface area contributed by atoms with Gasteiger partial charge in [-0.25, -0.2) is 0 Å². The zero-order valence-corrected chi connectivity index (χ0v) is 18.2. The largest absolute Gasteiger partial charge is 0.401 e. The summed E-state index contributed by atoms with van der Waals surface area (Å²) in [6.07, 6.45) is -1.67. The average molecular weight is 438 g/mol. The predicted octanol–water partition coefficient (Wildman–Crippen LogP) is 2.75. The normalized spacial score (nSPS) is 18.9. The number of alkyl halides is 3. The third-order valence-corrected chi connectivity index (χ3v) is 4.84. The standard InChI is InChI=1S/C20H34F3N3O4/c1-18(2,13-30-16-8-5-6-11-29-16)14(24)12-15(27)26-17(28)19(3,4)25-10-7-9-20(21,22)23/h12,16,25H,5-11,13,24H2,1-4H3,(H,26,27,28). The smallest absolute Gasteiger partial charge is 0.389 e. The molecule has 0 aromatic rings. The molecule has 1 heterocycles. The highest BCUT2D eigenvalue weighted by Crippen LogP contribution is 2.25. The summed E-state index contributed by atoms with van der Waals surface area (Å²) in [5.41, 5.74) is 4.39. The molecule has 0 aliphatic carbocycles. The van der Waals surface area contributed by atoms with Gasteiger partial charge in [0, 0.05) is 30.2 Å². The minimum Gasteiger partial charge on any atom is -0.401 e. The second-order valence-corrected chi connectivity index (χ2v) is 8.68. The molecule has 0 aromatic carbocycles. The van der Waals surface area contributed by atoms with Gasteiger partial charge in [-0.1, -0.05) is 13.8 Å². The first kappa shape index (κ1) is 26.4. The van der Waals surface area contributed by atoms with Gasteiger partial charge in [-0.2, -0.15) is 13.2 Å². The van der Waals surface area contributed by atoms with E-state index in [1.807, 2.05) is 13.8 Å². The van der Waals surface area contributed by atoms with Gasteiger partial charge in [-0.05, 0) is 46.1 Å². The van der Waals surface area contributed by atoms with E-state index in [0.29, 0.717) is 6.61 Å². The fraction of sp³-hybridized carbons (Fsp3) is 0.800. The van der Waals surface area contributed by atoms with Crippen LogP contribution < -0.4 is 16.4 Å². The van der Waals surface area contributed by atoms with Crippen molar-refractivity contribution in [2.24, 2.45) is 11.1 Å². The number of nitrogens with two attached hydrogens (primary N) is 1. The van der Waals surface area contributed by atoms with Gasteiger partial charge in [0.05, 0.1) is 12.1 Å². The predicted molar refractivity (Wildman–Crippen MR) is 106 cm³/mol. The third-order valence-electron chi connectivity index (χ3n) is 4.84. The van der Waals surface area contributed by atoms with E-state index >= 15 is 0 Å². The van der Waals surface area contributed by atoms with Crippen molar-refractivity contribution in [2.45, 2.75) is 77.8 Å². The van der Waals surface area contributed by atoms with Crippen LogP contribution in [-0.2, 0) is 19.1 Å². The molecule has 1 atom stereocenters. The summed E-state index contributed by atoms with van der Waals surface area (Å²) < 4.78 is 47.8. The molecule has 4 N–H and O–H groups in total.